The van der Waals surface area contributed by atoms with E-state index in [9.17, 15) is 4.79 Å². The predicted octanol–water partition coefficient (Wildman–Crippen LogP) is 1.50. The number of thiazole rings is 1. The van der Waals surface area contributed by atoms with Gasteiger partial charge in [-0.3, -0.25) is 15.1 Å². The molecule has 2 aromatic rings. The molecule has 102 valence electrons. The number of hydrogen-bond donors (Lipinski definition) is 2. The van der Waals surface area contributed by atoms with Crippen molar-refractivity contribution in [1.29, 1.82) is 0 Å². The van der Waals surface area contributed by atoms with Gasteiger partial charge in [-0.25, -0.2) is 9.97 Å². The zero-order chi connectivity index (χ0) is 13.7. The minimum Gasteiger partial charge on any atom is -0.378 e. The normalized spacial score (nSPS) is 10.6. The Hall–Kier alpha value is -1.42. The average molecular weight is 300 g/mol. The van der Waals surface area contributed by atoms with Crippen molar-refractivity contribution in [1.82, 2.24) is 15.0 Å². The Morgan fingerprint density at radius 1 is 1.53 bits per heavy atom. The number of aromatic nitrogens is 3. The van der Waals surface area contributed by atoms with Crippen molar-refractivity contribution in [2.24, 2.45) is 0 Å². The number of rotatable bonds is 6. The fraction of sp³-hybridized carbons (Fsp3) is 0.300. The lowest BCUT2D eigenvalue weighted by molar-refractivity contribution is 0.180. The summed E-state index contributed by atoms with van der Waals surface area (Å²) >= 11 is 2.68. The van der Waals surface area contributed by atoms with Gasteiger partial charge in [0.25, 0.3) is 5.56 Å². The number of H-pyrrole nitrogens is 1. The van der Waals surface area contributed by atoms with Crippen molar-refractivity contribution in [3.8, 4) is 0 Å². The summed E-state index contributed by atoms with van der Waals surface area (Å²) in [7, 11) is 3.08. The Bertz CT molecular complexity index is 598. The van der Waals surface area contributed by atoms with Gasteiger partial charge in [0, 0.05) is 13.2 Å². The maximum absolute atomic E-state index is 11.5. The Kier molecular flexibility index (Phi) is 4.91. The van der Waals surface area contributed by atoms with Crippen molar-refractivity contribution in [2.75, 3.05) is 19.7 Å². The van der Waals surface area contributed by atoms with Crippen molar-refractivity contribution < 1.29 is 9.57 Å². The number of ether oxygens (including phenoxy) is 1. The molecule has 19 heavy (non-hydrogen) atoms. The maximum atomic E-state index is 11.5. The number of methoxy groups -OCH3 is 1. The molecule has 0 unspecified atom stereocenters. The monoisotopic (exact) mass is 300 g/mol. The Labute approximate surface area is 117 Å². The first kappa shape index (κ1) is 14.0. The molecule has 0 aliphatic heterocycles. The third-order valence-corrected chi connectivity index (χ3v) is 3.79. The minimum absolute atomic E-state index is 0.212. The van der Waals surface area contributed by atoms with E-state index in [1.54, 1.807) is 13.3 Å². The van der Waals surface area contributed by atoms with Crippen LogP contribution in [0.5, 0.6) is 0 Å². The van der Waals surface area contributed by atoms with Gasteiger partial charge in [0.15, 0.2) is 9.50 Å². The van der Waals surface area contributed by atoms with Gasteiger partial charge in [0.2, 0.25) is 0 Å². The van der Waals surface area contributed by atoms with Crippen molar-refractivity contribution >= 4 is 28.1 Å². The fourth-order valence-electron chi connectivity index (χ4n) is 1.29. The summed E-state index contributed by atoms with van der Waals surface area (Å²) in [5.41, 5.74) is 3.06. The molecule has 0 atom stereocenters. The van der Waals surface area contributed by atoms with Crippen molar-refractivity contribution in [3.63, 3.8) is 0 Å². The molecule has 2 rings (SSSR count). The standard InChI is InChI=1S/C10H12N4O3S2/c1-16-5-6-3-7(15)13-9(12-6)19-10-11-4-8(18-10)14-17-2/h3-4,14H,5H2,1-2H3,(H,12,13,15). The zero-order valence-corrected chi connectivity index (χ0v) is 11.9. The molecule has 0 saturated carbocycles. The molecule has 0 aromatic carbocycles. The van der Waals surface area contributed by atoms with Gasteiger partial charge in [0.05, 0.1) is 25.6 Å². The van der Waals surface area contributed by atoms with E-state index in [1.165, 1.54) is 36.3 Å². The van der Waals surface area contributed by atoms with Crippen molar-refractivity contribution in [3.05, 3.63) is 28.3 Å². The number of hydrogen-bond acceptors (Lipinski definition) is 8. The molecule has 0 aliphatic rings. The summed E-state index contributed by atoms with van der Waals surface area (Å²) < 4.78 is 5.71. The lowest BCUT2D eigenvalue weighted by atomic mass is 10.4. The first-order chi connectivity index (χ1) is 9.21. The molecule has 0 spiro atoms. The van der Waals surface area contributed by atoms with E-state index in [0.717, 1.165) is 9.34 Å². The van der Waals surface area contributed by atoms with Crippen LogP contribution in [0.2, 0.25) is 0 Å². The molecule has 2 N–H and O–H groups in total. The predicted molar refractivity (Wildman–Crippen MR) is 72.4 cm³/mol. The van der Waals surface area contributed by atoms with E-state index in [4.69, 9.17) is 9.57 Å². The van der Waals surface area contributed by atoms with Crippen LogP contribution >= 0.6 is 23.1 Å². The van der Waals surface area contributed by atoms with Gasteiger partial charge in [0.1, 0.15) is 5.00 Å². The lowest BCUT2D eigenvalue weighted by Gasteiger charge is -2.01. The van der Waals surface area contributed by atoms with Crippen LogP contribution in [0.1, 0.15) is 5.69 Å². The number of nitrogens with zero attached hydrogens (tertiary/aromatic N) is 2. The highest BCUT2D eigenvalue weighted by molar-refractivity contribution is 8.00. The summed E-state index contributed by atoms with van der Waals surface area (Å²) in [5, 5.41) is 1.26. The molecule has 0 amide bonds. The second-order valence-electron chi connectivity index (χ2n) is 3.37. The van der Waals surface area contributed by atoms with Crippen LogP contribution in [0.25, 0.3) is 0 Å². The van der Waals surface area contributed by atoms with E-state index in [0.29, 0.717) is 17.5 Å². The van der Waals surface area contributed by atoms with Crippen LogP contribution in [0.4, 0.5) is 5.00 Å². The molecule has 0 aliphatic carbocycles. The molecule has 2 heterocycles. The summed E-state index contributed by atoms with van der Waals surface area (Å²) in [4.78, 5) is 27.4. The molecule has 0 radical (unpaired) electrons. The fourth-order valence-corrected chi connectivity index (χ4v) is 3.07. The SMILES string of the molecule is COCc1cc(=O)[nH]c(Sc2ncc(NOC)s2)n1. The van der Waals surface area contributed by atoms with Gasteiger partial charge < -0.3 is 9.72 Å². The zero-order valence-electron chi connectivity index (χ0n) is 10.3. The van der Waals surface area contributed by atoms with Crippen LogP contribution in [0, 0.1) is 0 Å². The quantitative estimate of drug-likeness (QED) is 0.617. The number of aromatic amines is 1. The Balaban J connectivity index is 2.15. The van der Waals surface area contributed by atoms with Crippen LogP contribution in [0.3, 0.4) is 0 Å². The molecular weight excluding hydrogens is 288 g/mol. The second kappa shape index (κ2) is 6.66. The first-order valence-electron chi connectivity index (χ1n) is 5.23. The van der Waals surface area contributed by atoms with E-state index in [2.05, 4.69) is 20.4 Å². The van der Waals surface area contributed by atoms with E-state index in [1.807, 2.05) is 0 Å². The maximum Gasteiger partial charge on any atom is 0.251 e. The van der Waals surface area contributed by atoms with Gasteiger partial charge in [-0.15, -0.1) is 0 Å². The first-order valence-corrected chi connectivity index (χ1v) is 6.86. The third-order valence-electron chi connectivity index (χ3n) is 1.94. The van der Waals surface area contributed by atoms with Crippen LogP contribution in [-0.4, -0.2) is 29.2 Å². The summed E-state index contributed by atoms with van der Waals surface area (Å²) in [6, 6.07) is 1.41. The summed E-state index contributed by atoms with van der Waals surface area (Å²) in [5.74, 6) is 0. The number of anilines is 1. The Morgan fingerprint density at radius 2 is 2.37 bits per heavy atom. The van der Waals surface area contributed by atoms with Gasteiger partial charge in [-0.05, 0) is 11.8 Å². The van der Waals surface area contributed by atoms with Crippen molar-refractivity contribution in [2.45, 2.75) is 16.1 Å². The molecule has 0 bridgehead atoms. The lowest BCUT2D eigenvalue weighted by Crippen LogP contribution is -2.10. The number of nitrogens with one attached hydrogen (secondary N) is 2. The highest BCUT2D eigenvalue weighted by Gasteiger charge is 2.07. The largest absolute Gasteiger partial charge is 0.378 e. The highest BCUT2D eigenvalue weighted by Crippen LogP contribution is 2.30. The van der Waals surface area contributed by atoms with E-state index >= 15 is 0 Å². The Morgan fingerprint density at radius 3 is 3.11 bits per heavy atom. The summed E-state index contributed by atoms with van der Waals surface area (Å²) in [6.07, 6.45) is 1.65. The average Bonchev–Trinajstić information content (AvgIpc) is 2.76. The molecule has 0 saturated heterocycles. The smallest absolute Gasteiger partial charge is 0.251 e. The van der Waals surface area contributed by atoms with Crippen LogP contribution < -0.4 is 11.0 Å². The molecule has 0 fully saturated rings. The molecule has 2 aromatic heterocycles. The topological polar surface area (TPSA) is 89.1 Å². The highest BCUT2D eigenvalue weighted by atomic mass is 32.2. The van der Waals surface area contributed by atoms with E-state index < -0.39 is 0 Å². The van der Waals surface area contributed by atoms with Gasteiger partial charge >= 0.3 is 0 Å². The molecule has 7 nitrogen and oxygen atoms in total. The van der Waals surface area contributed by atoms with Gasteiger partial charge in [-0.1, -0.05) is 11.3 Å². The molecule has 9 heteroatoms. The molecular formula is C10H12N4O3S2. The third kappa shape index (κ3) is 4.03. The van der Waals surface area contributed by atoms with Gasteiger partial charge in [-0.2, -0.15) is 0 Å². The minimum atomic E-state index is -0.212. The van der Waals surface area contributed by atoms with Crippen LogP contribution in [-0.2, 0) is 16.2 Å². The second-order valence-corrected chi connectivity index (χ2v) is 5.64. The summed E-state index contributed by atoms with van der Waals surface area (Å²) in [6.45, 7) is 0.297. The van der Waals surface area contributed by atoms with E-state index in [-0.39, 0.29) is 5.56 Å². The van der Waals surface area contributed by atoms with Crippen LogP contribution in [0.15, 0.2) is 26.6 Å².